The number of aromatic nitrogens is 2. The molecule has 1 amide bonds. The fourth-order valence-corrected chi connectivity index (χ4v) is 2.81. The Hall–Kier alpha value is -2.70. The van der Waals surface area contributed by atoms with Crippen LogP contribution in [0.15, 0.2) is 54.6 Å². The molecule has 0 radical (unpaired) electrons. The van der Waals surface area contributed by atoms with Crippen LogP contribution >= 0.6 is 11.6 Å². The van der Waals surface area contributed by atoms with Crippen molar-refractivity contribution in [1.29, 1.82) is 0 Å². The highest BCUT2D eigenvalue weighted by molar-refractivity contribution is 6.33. The van der Waals surface area contributed by atoms with Crippen molar-refractivity contribution in [2.24, 2.45) is 0 Å². The van der Waals surface area contributed by atoms with E-state index < -0.39 is 5.91 Å². The summed E-state index contributed by atoms with van der Waals surface area (Å²) in [4.78, 5) is 17.6. The van der Waals surface area contributed by atoms with E-state index in [0.717, 1.165) is 11.1 Å². The monoisotopic (exact) mass is 373 g/mol. The van der Waals surface area contributed by atoms with E-state index in [1.54, 1.807) is 19.1 Å². The predicted molar refractivity (Wildman–Crippen MR) is 96.2 cm³/mol. The van der Waals surface area contributed by atoms with Gasteiger partial charge >= 0.3 is 0 Å². The third-order valence-electron chi connectivity index (χ3n) is 3.78. The minimum absolute atomic E-state index is 0.202. The highest BCUT2D eigenvalue weighted by atomic mass is 35.5. The molecule has 134 valence electrons. The van der Waals surface area contributed by atoms with Gasteiger partial charge in [-0.25, -0.2) is 14.6 Å². The van der Waals surface area contributed by atoms with Gasteiger partial charge in [0.15, 0.2) is 0 Å². The third-order valence-corrected chi connectivity index (χ3v) is 4.17. The van der Waals surface area contributed by atoms with Crippen molar-refractivity contribution >= 4 is 17.5 Å². The molecule has 0 fully saturated rings. The summed E-state index contributed by atoms with van der Waals surface area (Å²) in [6, 6.07) is 15.5. The molecule has 1 N–H and O–H groups in total. The van der Waals surface area contributed by atoms with E-state index in [9.17, 15) is 9.18 Å². The number of hydrogen-bond donors (Lipinski definition) is 1. The van der Waals surface area contributed by atoms with Gasteiger partial charge in [-0.15, -0.1) is 0 Å². The Balaban J connectivity index is 1.66. The Kier molecular flexibility index (Phi) is 5.65. The van der Waals surface area contributed by atoms with E-state index in [0.29, 0.717) is 12.2 Å². The Bertz CT molecular complexity index is 895. The summed E-state index contributed by atoms with van der Waals surface area (Å²) in [6.45, 7) is 2.27. The summed E-state index contributed by atoms with van der Waals surface area (Å²) in [5.74, 6) is -0.777. The van der Waals surface area contributed by atoms with Crippen molar-refractivity contribution in [2.75, 3.05) is 0 Å². The number of carbonyl (C=O) groups excluding carboxylic acids is 1. The van der Waals surface area contributed by atoms with Crippen molar-refractivity contribution in [3.05, 3.63) is 88.0 Å². The zero-order chi connectivity index (χ0) is 18.5. The summed E-state index contributed by atoms with van der Waals surface area (Å²) in [6.07, 6.45) is 0. The average Bonchev–Trinajstić information content (AvgIpc) is 2.91. The van der Waals surface area contributed by atoms with Crippen LogP contribution in [-0.2, 0) is 18.0 Å². The number of amides is 1. The lowest BCUT2D eigenvalue weighted by Gasteiger charge is -2.06. The number of nitrogens with one attached hydrogen (secondary N) is 1. The van der Waals surface area contributed by atoms with Gasteiger partial charge in [-0.3, -0.25) is 9.63 Å². The Morgan fingerprint density at radius 3 is 2.54 bits per heavy atom. The lowest BCUT2D eigenvalue weighted by molar-refractivity contribution is 0.0233. The van der Waals surface area contributed by atoms with Crippen molar-refractivity contribution < 1.29 is 14.0 Å². The number of carbonyl (C=O) groups is 1. The molecule has 2 aromatic carbocycles. The van der Waals surface area contributed by atoms with Gasteiger partial charge in [0.1, 0.15) is 16.5 Å². The maximum absolute atomic E-state index is 13.0. The normalized spacial score (nSPS) is 10.7. The number of hydrogen-bond acceptors (Lipinski definition) is 3. The molecule has 0 saturated heterocycles. The van der Waals surface area contributed by atoms with Gasteiger partial charge in [-0.05, 0) is 30.2 Å². The van der Waals surface area contributed by atoms with Crippen molar-refractivity contribution in [2.45, 2.75) is 20.1 Å². The second-order valence-corrected chi connectivity index (χ2v) is 6.10. The standard InChI is InChI=1S/C19H17ClFN3O2/c1-13-17(19(25)23-26-12-15-5-3-2-4-6-15)18(20)24(22-13)11-14-7-9-16(21)10-8-14/h2-10H,11-12H2,1H3,(H,23,25). The van der Waals surface area contributed by atoms with Gasteiger partial charge in [-0.1, -0.05) is 54.1 Å². The molecule has 0 saturated carbocycles. The first kappa shape index (κ1) is 18.1. The van der Waals surface area contributed by atoms with E-state index in [-0.39, 0.29) is 23.1 Å². The summed E-state index contributed by atoms with van der Waals surface area (Å²) in [5.41, 5.74) is 4.88. The lowest BCUT2D eigenvalue weighted by atomic mass is 10.2. The number of rotatable bonds is 6. The second kappa shape index (κ2) is 8.12. The molecule has 3 aromatic rings. The van der Waals surface area contributed by atoms with Gasteiger partial charge in [0, 0.05) is 0 Å². The predicted octanol–water partition coefficient (Wildman–Crippen LogP) is 3.89. The largest absolute Gasteiger partial charge is 0.279 e. The average molecular weight is 374 g/mol. The quantitative estimate of drug-likeness (QED) is 0.667. The summed E-state index contributed by atoms with van der Waals surface area (Å²) < 4.78 is 14.5. The molecule has 5 nitrogen and oxygen atoms in total. The lowest BCUT2D eigenvalue weighted by Crippen LogP contribution is -2.24. The van der Waals surface area contributed by atoms with Gasteiger partial charge in [0.2, 0.25) is 0 Å². The molecule has 0 spiro atoms. The second-order valence-electron chi connectivity index (χ2n) is 5.74. The first-order valence-electron chi connectivity index (χ1n) is 7.98. The third kappa shape index (κ3) is 4.28. The van der Waals surface area contributed by atoms with Crippen LogP contribution < -0.4 is 5.48 Å². The number of benzene rings is 2. The molecule has 26 heavy (non-hydrogen) atoms. The SMILES string of the molecule is Cc1nn(Cc2ccc(F)cc2)c(Cl)c1C(=O)NOCc1ccccc1. The number of hydroxylamine groups is 1. The molecular weight excluding hydrogens is 357 g/mol. The highest BCUT2D eigenvalue weighted by Crippen LogP contribution is 2.21. The van der Waals surface area contributed by atoms with E-state index in [2.05, 4.69) is 10.6 Å². The molecule has 0 bridgehead atoms. The summed E-state index contributed by atoms with van der Waals surface area (Å²) in [5, 5.41) is 4.49. The van der Waals surface area contributed by atoms with E-state index in [1.807, 2.05) is 30.3 Å². The van der Waals surface area contributed by atoms with Gasteiger partial charge in [0.05, 0.1) is 18.8 Å². The van der Waals surface area contributed by atoms with Crippen LogP contribution in [0.1, 0.15) is 27.2 Å². The first-order chi connectivity index (χ1) is 12.5. The van der Waals surface area contributed by atoms with Crippen LogP contribution in [0.25, 0.3) is 0 Å². The van der Waals surface area contributed by atoms with Crippen LogP contribution in [0.5, 0.6) is 0 Å². The van der Waals surface area contributed by atoms with Crippen molar-refractivity contribution in [3.8, 4) is 0 Å². The van der Waals surface area contributed by atoms with Crippen LogP contribution in [0.4, 0.5) is 4.39 Å². The van der Waals surface area contributed by atoms with Gasteiger partial charge in [0.25, 0.3) is 5.91 Å². The Morgan fingerprint density at radius 1 is 1.15 bits per heavy atom. The maximum atomic E-state index is 13.0. The molecule has 1 aromatic heterocycles. The number of nitrogens with zero attached hydrogens (tertiary/aromatic N) is 2. The van der Waals surface area contributed by atoms with Crippen LogP contribution in [0, 0.1) is 12.7 Å². The fraction of sp³-hybridized carbons (Fsp3) is 0.158. The molecule has 0 aliphatic carbocycles. The van der Waals surface area contributed by atoms with E-state index >= 15 is 0 Å². The summed E-state index contributed by atoms with van der Waals surface area (Å²) in [7, 11) is 0. The molecule has 0 atom stereocenters. The molecule has 1 heterocycles. The van der Waals surface area contributed by atoms with Crippen molar-refractivity contribution in [1.82, 2.24) is 15.3 Å². The highest BCUT2D eigenvalue weighted by Gasteiger charge is 2.20. The van der Waals surface area contributed by atoms with Crippen LogP contribution in [0.2, 0.25) is 5.15 Å². The molecule has 7 heteroatoms. The smallest absolute Gasteiger partial charge is 0.269 e. The molecule has 0 aliphatic heterocycles. The molecular formula is C19H17ClFN3O2. The topological polar surface area (TPSA) is 56.2 Å². The number of halogens is 2. The minimum Gasteiger partial charge on any atom is -0.269 e. The van der Waals surface area contributed by atoms with Crippen LogP contribution in [-0.4, -0.2) is 15.7 Å². The fourth-order valence-electron chi connectivity index (χ4n) is 2.49. The molecule has 0 unspecified atom stereocenters. The summed E-state index contributed by atoms with van der Waals surface area (Å²) >= 11 is 6.31. The minimum atomic E-state index is -0.464. The van der Waals surface area contributed by atoms with Crippen molar-refractivity contribution in [3.63, 3.8) is 0 Å². The van der Waals surface area contributed by atoms with Gasteiger partial charge in [-0.2, -0.15) is 5.10 Å². The molecule has 0 aliphatic rings. The van der Waals surface area contributed by atoms with E-state index in [1.165, 1.54) is 16.8 Å². The first-order valence-corrected chi connectivity index (χ1v) is 8.36. The Morgan fingerprint density at radius 2 is 1.85 bits per heavy atom. The zero-order valence-corrected chi connectivity index (χ0v) is 14.8. The molecule has 3 rings (SSSR count). The number of aryl methyl sites for hydroxylation is 1. The zero-order valence-electron chi connectivity index (χ0n) is 14.1. The Labute approximate surface area is 155 Å². The maximum Gasteiger partial charge on any atom is 0.279 e. The van der Waals surface area contributed by atoms with Gasteiger partial charge < -0.3 is 0 Å². The van der Waals surface area contributed by atoms with E-state index in [4.69, 9.17) is 16.4 Å². The van der Waals surface area contributed by atoms with Crippen LogP contribution in [0.3, 0.4) is 0 Å².